The van der Waals surface area contributed by atoms with E-state index in [1.165, 1.54) is 17.7 Å². The van der Waals surface area contributed by atoms with Gasteiger partial charge in [0.05, 0.1) is 22.2 Å². The quantitative estimate of drug-likeness (QED) is 0.0558. The molecule has 4 heterocycles. The molecule has 2 saturated heterocycles. The van der Waals surface area contributed by atoms with Crippen LogP contribution in [0.15, 0.2) is 89.6 Å². The molecule has 2 amide bonds. The number of halogens is 4. The molecule has 354 valence electrons. The van der Waals surface area contributed by atoms with Gasteiger partial charge in [0.15, 0.2) is 0 Å². The van der Waals surface area contributed by atoms with E-state index in [0.29, 0.717) is 65.4 Å². The maximum Gasteiger partial charge on any atom is 0.416 e. The molecule has 0 atom stereocenters. The van der Waals surface area contributed by atoms with Crippen LogP contribution in [-0.4, -0.2) is 88.9 Å². The molecule has 67 heavy (non-hydrogen) atoms. The largest absolute Gasteiger partial charge is 0.455 e. The maximum atomic E-state index is 13.9. The number of nitro benzene ring substituents is 1. The molecule has 2 aliphatic heterocycles. The molecule has 3 aliphatic rings. The lowest BCUT2D eigenvalue weighted by atomic mass is 9.72. The molecular weight excluding hydrogens is 905 g/mol. The number of anilines is 2. The number of nitro groups is 1. The Labute approximate surface area is 396 Å². The highest BCUT2D eigenvalue weighted by molar-refractivity contribution is 7.98. The lowest BCUT2D eigenvalue weighted by Gasteiger charge is -2.39. The van der Waals surface area contributed by atoms with Gasteiger partial charge in [0.25, 0.3) is 11.6 Å². The van der Waals surface area contributed by atoms with Crippen LogP contribution in [-0.2, 0) is 11.0 Å². The number of H-pyrrole nitrogens is 1. The van der Waals surface area contributed by atoms with Crippen LogP contribution in [0.3, 0.4) is 0 Å². The summed E-state index contributed by atoms with van der Waals surface area (Å²) in [5.74, 6) is 0.794. The first-order valence-electron chi connectivity index (χ1n) is 22.5. The number of nitrogens with zero attached hydrogens (tertiary/aromatic N) is 5. The monoisotopic (exact) mass is 958 g/mol. The predicted molar refractivity (Wildman–Crippen MR) is 257 cm³/mol. The molecule has 13 nitrogen and oxygen atoms in total. The highest BCUT2D eigenvalue weighted by Crippen LogP contribution is 2.46. The average molecular weight is 960 g/mol. The van der Waals surface area contributed by atoms with Gasteiger partial charge in [-0.15, -0.1) is 0 Å². The molecule has 2 fully saturated rings. The number of piperazine rings is 1. The summed E-state index contributed by atoms with van der Waals surface area (Å²) in [5.41, 5.74) is 4.20. The first-order chi connectivity index (χ1) is 32.0. The number of pyridine rings is 1. The molecular formula is C49H54ClF3N8O5S. The molecule has 0 spiro atoms. The van der Waals surface area contributed by atoms with E-state index >= 15 is 0 Å². The van der Waals surface area contributed by atoms with E-state index in [-0.39, 0.29) is 27.6 Å². The van der Waals surface area contributed by atoms with Crippen molar-refractivity contribution in [2.45, 2.75) is 70.4 Å². The second-order valence-corrected chi connectivity index (χ2v) is 19.7. The van der Waals surface area contributed by atoms with Crippen molar-refractivity contribution in [3.05, 3.63) is 117 Å². The van der Waals surface area contributed by atoms with Gasteiger partial charge in [-0.25, -0.2) is 4.98 Å². The van der Waals surface area contributed by atoms with E-state index in [4.69, 9.17) is 16.3 Å². The van der Waals surface area contributed by atoms with Crippen LogP contribution in [0, 0.1) is 21.4 Å². The van der Waals surface area contributed by atoms with Crippen molar-refractivity contribution >= 4 is 69.0 Å². The molecule has 3 aromatic carbocycles. The van der Waals surface area contributed by atoms with E-state index in [1.807, 2.05) is 29.2 Å². The number of hydrogen-bond donors (Lipinski definition) is 3. The zero-order valence-electron chi connectivity index (χ0n) is 37.7. The SMILES string of the molecule is CC(=O)N1CCC(CCNc2ccc(SNC(=O)c3ccc(N4CCN(CC5=C(c6ccc(C(F)(F)F)cc6Cl)CC(C)(C)CC5)CC4)cc3Oc3cnc4[nH]ccc4c3)cc2[N+](=O)[O-])CC1. The standard InChI is InChI=1S/C49H54ClF3N8O5S/c1-31(62)59-18-13-32(14-19-59)11-16-54-43-9-6-38(27-44(43)61(64)65)67-57-47(63)40-8-5-36(26-45(40)66-37-24-33-12-17-55-46(33)56-29-37)60-22-20-58(21-23-60)30-34-10-15-48(2,3)28-41(34)39-7-4-35(25-42(39)50)49(51,52)53/h4-9,12,17,24-27,29,32,54H,10-11,13-16,18-23,28,30H2,1-3H3,(H,55,56)(H,57,63). The predicted octanol–water partition coefficient (Wildman–Crippen LogP) is 11.2. The van der Waals surface area contributed by atoms with Crippen molar-refractivity contribution in [1.82, 2.24) is 24.5 Å². The van der Waals surface area contributed by atoms with Crippen molar-refractivity contribution in [2.24, 2.45) is 11.3 Å². The number of hydrogen-bond acceptors (Lipinski definition) is 10. The minimum absolute atomic E-state index is 0.0171. The summed E-state index contributed by atoms with van der Waals surface area (Å²) < 4.78 is 49.8. The summed E-state index contributed by atoms with van der Waals surface area (Å²) in [4.78, 5) is 51.8. The van der Waals surface area contributed by atoms with E-state index in [0.717, 1.165) is 105 Å². The van der Waals surface area contributed by atoms with Crippen LogP contribution < -0.4 is 19.7 Å². The van der Waals surface area contributed by atoms with Gasteiger partial charge in [-0.05, 0) is 121 Å². The summed E-state index contributed by atoms with van der Waals surface area (Å²) in [5, 5.41) is 16.3. The first kappa shape index (κ1) is 47.7. The van der Waals surface area contributed by atoms with Gasteiger partial charge in [-0.1, -0.05) is 37.1 Å². The Morgan fingerprint density at radius 1 is 1.01 bits per heavy atom. The Morgan fingerprint density at radius 3 is 2.51 bits per heavy atom. The van der Waals surface area contributed by atoms with Gasteiger partial charge >= 0.3 is 6.18 Å². The highest BCUT2D eigenvalue weighted by atomic mass is 35.5. The number of aromatic amines is 1. The van der Waals surface area contributed by atoms with Crippen molar-refractivity contribution < 1.29 is 32.4 Å². The summed E-state index contributed by atoms with van der Waals surface area (Å²) >= 11 is 7.52. The van der Waals surface area contributed by atoms with Crippen LogP contribution in [0.1, 0.15) is 80.8 Å². The fourth-order valence-electron chi connectivity index (χ4n) is 9.23. The zero-order valence-corrected chi connectivity index (χ0v) is 39.3. The molecule has 3 N–H and O–H groups in total. The number of amides is 2. The zero-order chi connectivity index (χ0) is 47.5. The Bertz CT molecular complexity index is 2680. The number of allylic oxidation sites excluding steroid dienone is 1. The van der Waals surface area contributed by atoms with Crippen LogP contribution in [0.25, 0.3) is 16.6 Å². The van der Waals surface area contributed by atoms with Crippen molar-refractivity contribution in [3.63, 3.8) is 0 Å². The van der Waals surface area contributed by atoms with Gasteiger partial charge in [0.2, 0.25) is 5.91 Å². The fourth-order valence-corrected chi connectivity index (χ4v) is 10.1. The molecule has 0 saturated carbocycles. The number of alkyl halides is 3. The molecule has 1 aliphatic carbocycles. The number of nitrogens with one attached hydrogen (secondary N) is 3. The van der Waals surface area contributed by atoms with E-state index < -0.39 is 22.6 Å². The Kier molecular flexibility index (Phi) is 14.4. The molecule has 8 rings (SSSR count). The van der Waals surface area contributed by atoms with E-state index in [9.17, 15) is 32.9 Å². The number of aromatic nitrogens is 2. The Hall–Kier alpha value is -5.78. The van der Waals surface area contributed by atoms with Gasteiger partial charge in [-0.3, -0.25) is 29.3 Å². The summed E-state index contributed by atoms with van der Waals surface area (Å²) in [6.07, 6.45) is 4.04. The smallest absolute Gasteiger partial charge is 0.416 e. The topological polar surface area (TPSA) is 149 Å². The summed E-state index contributed by atoms with van der Waals surface area (Å²) in [6, 6.07) is 17.6. The summed E-state index contributed by atoms with van der Waals surface area (Å²) in [6.45, 7) is 11.4. The van der Waals surface area contributed by atoms with Crippen LogP contribution in [0.2, 0.25) is 5.02 Å². The van der Waals surface area contributed by atoms with E-state index in [1.54, 1.807) is 37.5 Å². The minimum Gasteiger partial charge on any atom is -0.455 e. The molecule has 0 bridgehead atoms. The van der Waals surface area contributed by atoms with Crippen molar-refractivity contribution in [2.75, 3.05) is 62.6 Å². The third kappa shape index (κ3) is 11.7. The van der Waals surface area contributed by atoms with Crippen molar-refractivity contribution in [3.8, 4) is 11.5 Å². The van der Waals surface area contributed by atoms with Crippen LogP contribution in [0.4, 0.5) is 30.2 Å². The number of carbonyl (C=O) groups is 2. The normalized spacial score (nSPS) is 17.2. The van der Waals surface area contributed by atoms with E-state index in [2.05, 4.69) is 43.7 Å². The fraction of sp³-hybridized carbons (Fsp3) is 0.408. The second kappa shape index (κ2) is 20.2. The van der Waals surface area contributed by atoms with Crippen LogP contribution >= 0.6 is 23.5 Å². The number of fused-ring (bicyclic) bond motifs is 1. The molecule has 5 aromatic rings. The van der Waals surface area contributed by atoms with Gasteiger partial charge in [-0.2, -0.15) is 13.2 Å². The molecule has 2 aromatic heterocycles. The number of rotatable bonds is 14. The third-order valence-corrected chi connectivity index (χ3v) is 14.2. The molecule has 18 heteroatoms. The van der Waals surface area contributed by atoms with Gasteiger partial charge in [0, 0.05) is 98.6 Å². The number of likely N-dealkylation sites (tertiary alicyclic amines) is 1. The Balaban J connectivity index is 0.945. The molecule has 0 unspecified atom stereocenters. The summed E-state index contributed by atoms with van der Waals surface area (Å²) in [7, 11) is 0. The van der Waals surface area contributed by atoms with Crippen LogP contribution in [0.5, 0.6) is 11.5 Å². The van der Waals surface area contributed by atoms with Gasteiger partial charge in [0.1, 0.15) is 22.8 Å². The lowest BCUT2D eigenvalue weighted by molar-refractivity contribution is -0.384. The number of piperidine rings is 1. The lowest BCUT2D eigenvalue weighted by Crippen LogP contribution is -2.47. The average Bonchev–Trinajstić information content (AvgIpc) is 3.77. The second-order valence-electron chi connectivity index (χ2n) is 18.4. The number of benzene rings is 3. The highest BCUT2D eigenvalue weighted by Gasteiger charge is 2.34. The van der Waals surface area contributed by atoms with Crippen molar-refractivity contribution in [1.29, 1.82) is 0 Å². The Morgan fingerprint density at radius 2 is 1.79 bits per heavy atom. The minimum atomic E-state index is -4.48. The number of carbonyl (C=O) groups excluding carboxylic acids is 2. The maximum absolute atomic E-state index is 13.9. The number of ether oxygens (including phenoxy) is 1. The third-order valence-electron chi connectivity index (χ3n) is 13.1. The first-order valence-corrected chi connectivity index (χ1v) is 23.7. The van der Waals surface area contributed by atoms with Gasteiger partial charge < -0.3 is 24.8 Å². The molecule has 0 radical (unpaired) electrons.